The fourth-order valence-electron chi connectivity index (χ4n) is 1.51. The number of benzene rings is 1. The largest absolute Gasteiger partial charge is 0.383 e. The van der Waals surface area contributed by atoms with Crippen LogP contribution in [0.15, 0.2) is 23.1 Å². The van der Waals surface area contributed by atoms with E-state index in [1.165, 1.54) is 7.11 Å². The molecule has 1 unspecified atom stereocenters. The van der Waals surface area contributed by atoms with Crippen molar-refractivity contribution in [2.75, 3.05) is 20.3 Å². The topological polar surface area (TPSA) is 55.4 Å². The Morgan fingerprint density at radius 3 is 2.67 bits per heavy atom. The number of halogens is 1. The van der Waals surface area contributed by atoms with Crippen LogP contribution in [-0.2, 0) is 14.8 Å². The second-order valence-electron chi connectivity index (χ2n) is 4.17. The molecule has 102 valence electrons. The molecule has 0 spiro atoms. The molecule has 4 nitrogen and oxygen atoms in total. The van der Waals surface area contributed by atoms with Crippen LogP contribution in [0.3, 0.4) is 0 Å². The molecule has 0 fully saturated rings. The molecule has 0 saturated heterocycles. The fourth-order valence-corrected chi connectivity index (χ4v) is 3.22. The SMILES string of the molecule is COCC(Cl)CNS(=O)(=O)c1cc(C)ccc1C. The van der Waals surface area contributed by atoms with Crippen LogP contribution in [0.4, 0.5) is 0 Å². The van der Waals surface area contributed by atoms with Gasteiger partial charge in [0.05, 0.1) is 16.9 Å². The maximum Gasteiger partial charge on any atom is 0.240 e. The third-order valence-corrected chi connectivity index (χ3v) is 4.32. The molecule has 1 aromatic carbocycles. The minimum absolute atomic E-state index is 0.144. The van der Waals surface area contributed by atoms with E-state index in [-0.39, 0.29) is 11.9 Å². The molecule has 1 N–H and O–H groups in total. The number of aryl methyl sites for hydroxylation is 2. The van der Waals surface area contributed by atoms with E-state index in [9.17, 15) is 8.42 Å². The van der Waals surface area contributed by atoms with Crippen molar-refractivity contribution in [3.63, 3.8) is 0 Å². The van der Waals surface area contributed by atoms with Gasteiger partial charge in [0.2, 0.25) is 10.0 Å². The minimum Gasteiger partial charge on any atom is -0.383 e. The van der Waals surface area contributed by atoms with Crippen molar-refractivity contribution in [3.8, 4) is 0 Å². The van der Waals surface area contributed by atoms with Crippen LogP contribution in [0.5, 0.6) is 0 Å². The number of nitrogens with one attached hydrogen (secondary N) is 1. The maximum atomic E-state index is 12.1. The van der Waals surface area contributed by atoms with Gasteiger partial charge in [-0.25, -0.2) is 13.1 Å². The molecule has 0 aliphatic rings. The Morgan fingerprint density at radius 2 is 2.06 bits per heavy atom. The van der Waals surface area contributed by atoms with Gasteiger partial charge in [-0.3, -0.25) is 0 Å². The molecule has 0 heterocycles. The Balaban J connectivity index is 2.83. The van der Waals surface area contributed by atoms with E-state index in [2.05, 4.69) is 4.72 Å². The summed E-state index contributed by atoms with van der Waals surface area (Å²) in [4.78, 5) is 0.295. The van der Waals surface area contributed by atoms with Crippen molar-refractivity contribution in [2.45, 2.75) is 24.1 Å². The lowest BCUT2D eigenvalue weighted by Gasteiger charge is -2.12. The highest BCUT2D eigenvalue weighted by Crippen LogP contribution is 2.16. The summed E-state index contributed by atoms with van der Waals surface area (Å²) in [5.41, 5.74) is 1.62. The van der Waals surface area contributed by atoms with E-state index in [0.29, 0.717) is 17.1 Å². The number of alkyl halides is 1. The maximum absolute atomic E-state index is 12.1. The predicted molar refractivity (Wildman–Crippen MR) is 72.6 cm³/mol. The van der Waals surface area contributed by atoms with E-state index in [4.69, 9.17) is 16.3 Å². The van der Waals surface area contributed by atoms with Gasteiger partial charge in [-0.15, -0.1) is 11.6 Å². The van der Waals surface area contributed by atoms with Gasteiger partial charge >= 0.3 is 0 Å². The van der Waals surface area contributed by atoms with Crippen LogP contribution in [0, 0.1) is 13.8 Å². The van der Waals surface area contributed by atoms with Gasteiger partial charge in [0.15, 0.2) is 0 Å². The normalized spacial score (nSPS) is 13.6. The van der Waals surface area contributed by atoms with E-state index in [1.54, 1.807) is 19.1 Å². The van der Waals surface area contributed by atoms with Crippen molar-refractivity contribution in [2.24, 2.45) is 0 Å². The summed E-state index contributed by atoms with van der Waals surface area (Å²) in [6.07, 6.45) is 0. The second kappa shape index (κ2) is 6.52. The molecule has 1 rings (SSSR count). The molecular formula is C12H18ClNO3S. The quantitative estimate of drug-likeness (QED) is 0.814. The summed E-state index contributed by atoms with van der Waals surface area (Å²) in [7, 11) is -1.99. The first-order valence-corrected chi connectivity index (χ1v) is 7.48. The molecule has 6 heteroatoms. The number of ether oxygens (including phenoxy) is 1. The zero-order valence-corrected chi connectivity index (χ0v) is 12.3. The third-order valence-electron chi connectivity index (χ3n) is 2.48. The number of hydrogen-bond acceptors (Lipinski definition) is 3. The Kier molecular flexibility index (Phi) is 5.59. The Morgan fingerprint density at radius 1 is 1.39 bits per heavy atom. The smallest absolute Gasteiger partial charge is 0.240 e. The Hall–Kier alpha value is -0.620. The fraction of sp³-hybridized carbons (Fsp3) is 0.500. The summed E-state index contributed by atoms with van der Waals surface area (Å²) >= 11 is 5.89. The van der Waals surface area contributed by atoms with Crippen molar-refractivity contribution in [3.05, 3.63) is 29.3 Å². The van der Waals surface area contributed by atoms with Gasteiger partial charge < -0.3 is 4.74 Å². The van der Waals surface area contributed by atoms with Gasteiger partial charge in [0.1, 0.15) is 0 Å². The highest BCUT2D eigenvalue weighted by Gasteiger charge is 2.18. The standard InChI is InChI=1S/C12H18ClNO3S/c1-9-4-5-10(2)12(6-9)18(15,16)14-7-11(13)8-17-3/h4-6,11,14H,7-8H2,1-3H3. The molecule has 0 aliphatic carbocycles. The summed E-state index contributed by atoms with van der Waals surface area (Å²) in [5, 5.41) is -0.380. The zero-order valence-electron chi connectivity index (χ0n) is 10.7. The first-order valence-electron chi connectivity index (χ1n) is 5.56. The van der Waals surface area contributed by atoms with Gasteiger partial charge in [0.25, 0.3) is 0 Å². The lowest BCUT2D eigenvalue weighted by Crippen LogP contribution is -2.32. The van der Waals surface area contributed by atoms with E-state index in [0.717, 1.165) is 5.56 Å². The van der Waals surface area contributed by atoms with Gasteiger partial charge in [0, 0.05) is 13.7 Å². The summed E-state index contributed by atoms with van der Waals surface area (Å²) < 4.78 is 31.5. The molecule has 0 bridgehead atoms. The van der Waals surface area contributed by atoms with Crippen molar-refractivity contribution in [1.82, 2.24) is 4.72 Å². The minimum atomic E-state index is -3.52. The van der Waals surface area contributed by atoms with Crippen LogP contribution in [-0.4, -0.2) is 34.1 Å². The number of sulfonamides is 1. The lowest BCUT2D eigenvalue weighted by molar-refractivity contribution is 0.198. The molecule has 0 amide bonds. The van der Waals surface area contributed by atoms with E-state index >= 15 is 0 Å². The monoisotopic (exact) mass is 291 g/mol. The first-order chi connectivity index (χ1) is 8.36. The van der Waals surface area contributed by atoms with E-state index in [1.807, 2.05) is 13.0 Å². The molecule has 0 aromatic heterocycles. The van der Waals surface area contributed by atoms with Gasteiger partial charge in [-0.2, -0.15) is 0 Å². The predicted octanol–water partition coefficient (Wildman–Crippen LogP) is 1.84. The van der Waals surface area contributed by atoms with E-state index < -0.39 is 10.0 Å². The molecule has 0 aliphatic heterocycles. The van der Waals surface area contributed by atoms with Crippen LogP contribution >= 0.6 is 11.6 Å². The van der Waals surface area contributed by atoms with Crippen molar-refractivity contribution >= 4 is 21.6 Å². The third kappa shape index (κ3) is 4.24. The van der Waals surface area contributed by atoms with Gasteiger partial charge in [-0.05, 0) is 31.0 Å². The zero-order chi connectivity index (χ0) is 13.8. The Bertz CT molecular complexity index is 502. The number of methoxy groups -OCH3 is 1. The van der Waals surface area contributed by atoms with Crippen molar-refractivity contribution in [1.29, 1.82) is 0 Å². The number of rotatable bonds is 6. The van der Waals surface area contributed by atoms with Crippen LogP contribution in [0.1, 0.15) is 11.1 Å². The second-order valence-corrected chi connectivity index (χ2v) is 6.53. The summed E-state index contributed by atoms with van der Waals surface area (Å²) in [5.74, 6) is 0. The highest BCUT2D eigenvalue weighted by molar-refractivity contribution is 7.89. The van der Waals surface area contributed by atoms with Crippen LogP contribution < -0.4 is 4.72 Å². The Labute approximate surface area is 113 Å². The first kappa shape index (κ1) is 15.4. The molecule has 18 heavy (non-hydrogen) atoms. The molecule has 0 radical (unpaired) electrons. The summed E-state index contributed by atoms with van der Waals surface area (Å²) in [6.45, 7) is 4.07. The van der Waals surface area contributed by atoms with Gasteiger partial charge in [-0.1, -0.05) is 12.1 Å². The highest BCUT2D eigenvalue weighted by atomic mass is 35.5. The number of hydrogen-bond donors (Lipinski definition) is 1. The summed E-state index contributed by atoms with van der Waals surface area (Å²) in [6, 6.07) is 5.32. The van der Waals surface area contributed by atoms with Crippen molar-refractivity contribution < 1.29 is 13.2 Å². The lowest BCUT2D eigenvalue weighted by atomic mass is 10.2. The average molecular weight is 292 g/mol. The van der Waals surface area contributed by atoms with Crippen LogP contribution in [0.25, 0.3) is 0 Å². The molecule has 1 atom stereocenters. The molecule has 1 aromatic rings. The molecular weight excluding hydrogens is 274 g/mol. The van der Waals surface area contributed by atoms with Crippen LogP contribution in [0.2, 0.25) is 0 Å². The molecule has 0 saturated carbocycles. The average Bonchev–Trinajstić information content (AvgIpc) is 2.30.